The van der Waals surface area contributed by atoms with Gasteiger partial charge in [0.2, 0.25) is 0 Å². The maximum atomic E-state index is 12.7. The molecule has 3 nitrogen and oxygen atoms in total. The summed E-state index contributed by atoms with van der Waals surface area (Å²) >= 11 is 9.42. The van der Waals surface area contributed by atoms with Gasteiger partial charge in [-0.3, -0.25) is 9.78 Å². The van der Waals surface area contributed by atoms with E-state index in [9.17, 15) is 4.79 Å². The van der Waals surface area contributed by atoms with Crippen LogP contribution >= 0.6 is 27.5 Å². The topological polar surface area (TPSA) is 39.2 Å². The lowest BCUT2D eigenvalue weighted by Crippen LogP contribution is -2.07. The Morgan fingerprint density at radius 3 is 2.68 bits per heavy atom. The number of hydrogen-bond acceptors (Lipinski definition) is 3. The van der Waals surface area contributed by atoms with E-state index in [1.54, 1.807) is 24.5 Å². The second-order valence-electron chi connectivity index (χ2n) is 5.52. The Hall–Kier alpha value is -2.17. The first-order valence-electron chi connectivity index (χ1n) is 7.71. The summed E-state index contributed by atoms with van der Waals surface area (Å²) in [4.78, 5) is 16.8. The maximum Gasteiger partial charge on any atom is 0.171 e. The Morgan fingerprint density at radius 2 is 1.92 bits per heavy atom. The highest BCUT2D eigenvalue weighted by molar-refractivity contribution is 9.10. The molecule has 0 saturated carbocycles. The van der Waals surface area contributed by atoms with Crippen LogP contribution in [0.2, 0.25) is 5.02 Å². The third-order valence-corrected chi connectivity index (χ3v) is 4.34. The molecule has 0 N–H and O–H groups in total. The molecule has 0 spiro atoms. The molecule has 0 aliphatic heterocycles. The molecule has 1 heterocycles. The summed E-state index contributed by atoms with van der Waals surface area (Å²) in [5.41, 5.74) is 2.36. The van der Waals surface area contributed by atoms with Crippen molar-refractivity contribution >= 4 is 33.3 Å². The van der Waals surface area contributed by atoms with Gasteiger partial charge in [-0.15, -0.1) is 0 Å². The van der Waals surface area contributed by atoms with Crippen molar-refractivity contribution in [2.75, 3.05) is 0 Å². The number of carbonyl (C=O) groups is 1. The molecule has 3 aromatic rings. The molecule has 126 valence electrons. The van der Waals surface area contributed by atoms with Crippen molar-refractivity contribution < 1.29 is 9.53 Å². The minimum absolute atomic E-state index is 0.0182. The van der Waals surface area contributed by atoms with Crippen molar-refractivity contribution in [3.63, 3.8) is 0 Å². The molecule has 1 aromatic heterocycles. The van der Waals surface area contributed by atoms with Gasteiger partial charge in [-0.1, -0.05) is 45.7 Å². The van der Waals surface area contributed by atoms with Gasteiger partial charge >= 0.3 is 0 Å². The lowest BCUT2D eigenvalue weighted by molar-refractivity contribution is 0.0988. The van der Waals surface area contributed by atoms with Gasteiger partial charge in [0.25, 0.3) is 0 Å². The monoisotopic (exact) mass is 415 g/mol. The summed E-state index contributed by atoms with van der Waals surface area (Å²) in [6.07, 6.45) is 3.66. The summed E-state index contributed by atoms with van der Waals surface area (Å²) in [5.74, 6) is 0.535. The smallest absolute Gasteiger partial charge is 0.171 e. The fraction of sp³-hybridized carbons (Fsp3) is 0.100. The van der Waals surface area contributed by atoms with E-state index in [0.717, 1.165) is 15.6 Å². The highest BCUT2D eigenvalue weighted by atomic mass is 79.9. The second-order valence-corrected chi connectivity index (χ2v) is 6.87. The summed E-state index contributed by atoms with van der Waals surface area (Å²) in [7, 11) is 0. The van der Waals surface area contributed by atoms with E-state index in [4.69, 9.17) is 16.3 Å². The van der Waals surface area contributed by atoms with Crippen molar-refractivity contribution in [1.29, 1.82) is 0 Å². The van der Waals surface area contributed by atoms with Crippen molar-refractivity contribution in [2.24, 2.45) is 0 Å². The van der Waals surface area contributed by atoms with Gasteiger partial charge in [-0.05, 0) is 47.5 Å². The van der Waals surface area contributed by atoms with E-state index < -0.39 is 0 Å². The molecule has 0 saturated heterocycles. The summed E-state index contributed by atoms with van der Waals surface area (Å²) in [6, 6.07) is 16.6. The molecule has 0 atom stereocenters. The van der Waals surface area contributed by atoms with E-state index in [1.165, 1.54) is 0 Å². The lowest BCUT2D eigenvalue weighted by atomic mass is 10.0. The zero-order valence-corrected chi connectivity index (χ0v) is 15.6. The summed E-state index contributed by atoms with van der Waals surface area (Å²) < 4.78 is 6.71. The SMILES string of the molecule is O=C(Cc1cccnc1)c1cc(Br)ccc1OCc1cccc(Cl)c1. The number of hydrogen-bond donors (Lipinski definition) is 0. The van der Waals surface area contributed by atoms with Gasteiger partial charge in [0.05, 0.1) is 5.56 Å². The molecule has 0 bridgehead atoms. The van der Waals surface area contributed by atoms with Crippen molar-refractivity contribution in [1.82, 2.24) is 4.98 Å². The molecule has 0 aliphatic carbocycles. The highest BCUT2D eigenvalue weighted by Crippen LogP contribution is 2.26. The van der Waals surface area contributed by atoms with Crippen LogP contribution in [-0.2, 0) is 13.0 Å². The number of rotatable bonds is 6. The maximum absolute atomic E-state index is 12.7. The Labute approximate surface area is 159 Å². The van der Waals surface area contributed by atoms with E-state index in [0.29, 0.717) is 22.9 Å². The normalized spacial score (nSPS) is 10.5. The van der Waals surface area contributed by atoms with Gasteiger partial charge in [0, 0.05) is 28.3 Å². The Morgan fingerprint density at radius 1 is 1.08 bits per heavy atom. The first-order valence-corrected chi connectivity index (χ1v) is 8.88. The predicted molar refractivity (Wildman–Crippen MR) is 102 cm³/mol. The number of nitrogens with zero attached hydrogens (tertiary/aromatic N) is 1. The fourth-order valence-electron chi connectivity index (χ4n) is 2.42. The number of ether oxygens (including phenoxy) is 1. The van der Waals surface area contributed by atoms with E-state index >= 15 is 0 Å². The third kappa shape index (κ3) is 4.91. The quantitative estimate of drug-likeness (QED) is 0.498. The van der Waals surface area contributed by atoms with E-state index in [2.05, 4.69) is 20.9 Å². The van der Waals surface area contributed by atoms with Gasteiger partial charge in [-0.2, -0.15) is 0 Å². The summed E-state index contributed by atoms with van der Waals surface area (Å²) in [5, 5.41) is 0.657. The van der Waals surface area contributed by atoms with Crippen LogP contribution in [0.3, 0.4) is 0 Å². The molecule has 2 aromatic carbocycles. The third-order valence-electron chi connectivity index (χ3n) is 3.61. The molecule has 5 heteroatoms. The van der Waals surface area contributed by atoms with Crippen LogP contribution in [0.1, 0.15) is 21.5 Å². The second kappa shape index (κ2) is 8.28. The fourth-order valence-corrected chi connectivity index (χ4v) is 2.99. The average molecular weight is 417 g/mol. The van der Waals surface area contributed by atoms with Gasteiger partial charge in [0.15, 0.2) is 5.78 Å². The highest BCUT2D eigenvalue weighted by Gasteiger charge is 2.14. The van der Waals surface area contributed by atoms with Crippen molar-refractivity contribution in [3.8, 4) is 5.75 Å². The number of pyridine rings is 1. The average Bonchev–Trinajstić information content (AvgIpc) is 2.61. The molecule has 25 heavy (non-hydrogen) atoms. The molecule has 0 radical (unpaired) electrons. The zero-order valence-electron chi connectivity index (χ0n) is 13.3. The van der Waals surface area contributed by atoms with Crippen molar-refractivity contribution in [3.05, 3.63) is 93.2 Å². The molecular formula is C20H15BrClNO2. The van der Waals surface area contributed by atoms with Crippen LogP contribution in [0.4, 0.5) is 0 Å². The first kappa shape index (κ1) is 17.6. The molecule has 3 rings (SSSR count). The Balaban J connectivity index is 1.79. The number of ketones is 1. The Bertz CT molecular complexity index is 884. The number of aromatic nitrogens is 1. The van der Waals surface area contributed by atoms with Gasteiger partial charge < -0.3 is 4.74 Å². The van der Waals surface area contributed by atoms with Crippen molar-refractivity contribution in [2.45, 2.75) is 13.0 Å². The number of Topliss-reactive ketones (excluding diaryl/α,β-unsaturated/α-hetero) is 1. The number of benzene rings is 2. The predicted octanol–water partition coefficient (Wildman–Crippen LogP) is 5.50. The molecule has 0 amide bonds. The molecule has 0 unspecified atom stereocenters. The zero-order chi connectivity index (χ0) is 17.6. The minimum Gasteiger partial charge on any atom is -0.488 e. The largest absolute Gasteiger partial charge is 0.488 e. The van der Waals surface area contributed by atoms with Crippen LogP contribution in [0, 0.1) is 0 Å². The van der Waals surface area contributed by atoms with Crippen LogP contribution in [0.5, 0.6) is 5.75 Å². The standard InChI is InChI=1S/C20H15BrClNO2/c21-16-6-7-20(25-13-15-3-1-5-17(22)9-15)18(11-16)19(24)10-14-4-2-8-23-12-14/h1-9,11-12H,10,13H2. The van der Waals surface area contributed by atoms with Crippen LogP contribution < -0.4 is 4.74 Å². The van der Waals surface area contributed by atoms with Gasteiger partial charge in [0.1, 0.15) is 12.4 Å². The molecule has 0 fully saturated rings. The lowest BCUT2D eigenvalue weighted by Gasteiger charge is -2.12. The first-order chi connectivity index (χ1) is 12.1. The Kier molecular flexibility index (Phi) is 5.84. The van der Waals surface area contributed by atoms with E-state index in [1.807, 2.05) is 42.5 Å². The van der Waals surface area contributed by atoms with Gasteiger partial charge in [-0.25, -0.2) is 0 Å². The minimum atomic E-state index is -0.0182. The van der Waals surface area contributed by atoms with Crippen LogP contribution in [-0.4, -0.2) is 10.8 Å². The number of carbonyl (C=O) groups excluding carboxylic acids is 1. The van der Waals surface area contributed by atoms with Crippen LogP contribution in [0.15, 0.2) is 71.5 Å². The molecular weight excluding hydrogens is 402 g/mol. The van der Waals surface area contributed by atoms with E-state index in [-0.39, 0.29) is 12.2 Å². The van der Waals surface area contributed by atoms with Crippen LogP contribution in [0.25, 0.3) is 0 Å². The summed E-state index contributed by atoms with van der Waals surface area (Å²) in [6.45, 7) is 0.343. The molecule has 0 aliphatic rings. The number of halogens is 2.